The molecule has 22 heavy (non-hydrogen) atoms. The van der Waals surface area contributed by atoms with Gasteiger partial charge >= 0.3 is 17.1 Å². The summed E-state index contributed by atoms with van der Waals surface area (Å²) in [6.45, 7) is 13.4. The Bertz CT molecular complexity index is 364. The van der Waals surface area contributed by atoms with E-state index in [0.29, 0.717) is 25.7 Å². The minimum Gasteiger partial charge on any atom is -0.482 e. The first-order valence-electron chi connectivity index (χ1n) is 7.53. The zero-order valence-electron chi connectivity index (χ0n) is 14.3. The molecule has 0 radical (unpaired) electrons. The lowest BCUT2D eigenvalue weighted by atomic mass is 10.6. The average Bonchev–Trinajstić information content (AvgIpc) is 2.37. The summed E-state index contributed by atoms with van der Waals surface area (Å²) in [5.41, 5.74) is 1.48. The van der Waals surface area contributed by atoms with E-state index in [1.165, 1.54) is 19.5 Å². The Morgan fingerprint density at radius 1 is 1.00 bits per heavy atom. The molecule has 0 heterocycles. The third-order valence-corrected chi connectivity index (χ3v) is 9.00. The van der Waals surface area contributed by atoms with Gasteiger partial charge in [-0.25, -0.2) is 0 Å². The van der Waals surface area contributed by atoms with Crippen LogP contribution in [0.5, 0.6) is 0 Å². The van der Waals surface area contributed by atoms with Gasteiger partial charge in [0.25, 0.3) is 11.9 Å². The minimum atomic E-state index is -3.07. The fourth-order valence-electron chi connectivity index (χ4n) is 2.25. The van der Waals surface area contributed by atoms with Crippen LogP contribution in [0.4, 0.5) is 0 Å². The molecule has 0 saturated heterocycles. The molecule has 0 rings (SSSR count). The Morgan fingerprint density at radius 2 is 1.45 bits per heavy atom. The second kappa shape index (κ2) is 9.93. The third kappa shape index (κ3) is 7.88. The van der Waals surface area contributed by atoms with Crippen LogP contribution in [0.2, 0.25) is 18.6 Å². The number of rotatable bonds is 11. The highest BCUT2D eigenvalue weighted by Gasteiger charge is 2.42. The normalized spacial score (nSPS) is 11.9. The predicted molar refractivity (Wildman–Crippen MR) is 88.6 cm³/mol. The van der Waals surface area contributed by atoms with E-state index in [2.05, 4.69) is 6.58 Å². The van der Waals surface area contributed by atoms with Crippen molar-refractivity contribution in [2.45, 2.75) is 52.8 Å². The molecule has 0 aliphatic carbocycles. The van der Waals surface area contributed by atoms with E-state index in [4.69, 9.17) is 17.7 Å². The van der Waals surface area contributed by atoms with Crippen molar-refractivity contribution in [3.05, 3.63) is 12.3 Å². The number of carbonyl (C=O) groups excluding carboxylic acids is 2. The Balaban J connectivity index is 4.83. The molecule has 0 saturated carbocycles. The molecular formula is C14H28O6Si2. The van der Waals surface area contributed by atoms with Crippen LogP contribution < -0.4 is 0 Å². The van der Waals surface area contributed by atoms with Crippen molar-refractivity contribution in [2.75, 3.05) is 13.2 Å². The molecule has 0 aromatic rings. The molecule has 0 aliphatic rings. The number of hydrogen-bond acceptors (Lipinski definition) is 6. The molecular weight excluding hydrogens is 320 g/mol. The molecule has 0 amide bonds. The molecule has 8 heteroatoms. The summed E-state index contributed by atoms with van der Waals surface area (Å²) in [7, 11) is -5.30. The quantitative estimate of drug-likeness (QED) is 0.535. The van der Waals surface area contributed by atoms with Crippen molar-refractivity contribution in [3.8, 4) is 0 Å². The summed E-state index contributed by atoms with van der Waals surface area (Å²) in [5, 5.41) is 0. The van der Waals surface area contributed by atoms with Gasteiger partial charge < -0.3 is 17.7 Å². The number of hydrogen-bond donors (Lipinski definition) is 0. The van der Waals surface area contributed by atoms with E-state index < -0.39 is 29.1 Å². The summed E-state index contributed by atoms with van der Waals surface area (Å²) >= 11 is 0. The van der Waals surface area contributed by atoms with Gasteiger partial charge in [0.1, 0.15) is 0 Å². The van der Waals surface area contributed by atoms with Gasteiger partial charge in [-0.3, -0.25) is 9.59 Å². The van der Waals surface area contributed by atoms with Crippen LogP contribution in [0.15, 0.2) is 12.3 Å². The fourth-order valence-corrected chi connectivity index (χ4v) is 7.27. The smallest absolute Gasteiger partial charge is 0.482 e. The first-order valence-corrected chi connectivity index (χ1v) is 12.2. The van der Waals surface area contributed by atoms with Crippen molar-refractivity contribution in [3.63, 3.8) is 0 Å². The van der Waals surface area contributed by atoms with Gasteiger partial charge in [-0.2, -0.15) is 0 Å². The Hall–Kier alpha value is -0.966. The molecule has 0 bridgehead atoms. The van der Waals surface area contributed by atoms with Crippen LogP contribution in [-0.2, 0) is 27.3 Å². The van der Waals surface area contributed by atoms with Crippen molar-refractivity contribution >= 4 is 29.1 Å². The summed E-state index contributed by atoms with van der Waals surface area (Å²) in [4.78, 5) is 22.6. The maximum Gasteiger partial charge on any atom is 0.491 e. The van der Waals surface area contributed by atoms with Crippen LogP contribution in [-0.4, -0.2) is 42.3 Å². The molecule has 0 atom stereocenters. The lowest BCUT2D eigenvalue weighted by Crippen LogP contribution is -2.44. The lowest BCUT2D eigenvalue weighted by molar-refractivity contribution is -0.138. The van der Waals surface area contributed by atoms with Crippen molar-refractivity contribution < 1.29 is 27.3 Å². The lowest BCUT2D eigenvalue weighted by Gasteiger charge is -2.29. The Morgan fingerprint density at radius 3 is 1.77 bits per heavy atom. The predicted octanol–water partition coefficient (Wildman–Crippen LogP) is 2.82. The van der Waals surface area contributed by atoms with Gasteiger partial charge in [0, 0.05) is 33.1 Å². The van der Waals surface area contributed by atoms with Crippen molar-refractivity contribution in [2.24, 2.45) is 0 Å². The highest BCUT2D eigenvalue weighted by Crippen LogP contribution is 2.24. The van der Waals surface area contributed by atoms with Gasteiger partial charge in [-0.1, -0.05) is 0 Å². The van der Waals surface area contributed by atoms with E-state index in [9.17, 15) is 9.59 Å². The first kappa shape index (κ1) is 21.0. The topological polar surface area (TPSA) is 71.1 Å². The Kier molecular flexibility index (Phi) is 9.49. The molecule has 0 aromatic carbocycles. The van der Waals surface area contributed by atoms with E-state index >= 15 is 0 Å². The molecule has 0 aliphatic heterocycles. The molecule has 128 valence electrons. The second-order valence-electron chi connectivity index (χ2n) is 5.06. The first-order chi connectivity index (χ1) is 10.2. The highest BCUT2D eigenvalue weighted by molar-refractivity contribution is 6.75. The molecule has 0 unspecified atom stereocenters. The standard InChI is InChI=1S/C14H28O6Si2/c1-7-17-21(6,18-8-2)11-10-12-22(9-3,19-13(4)15)20-14(5)16/h9H,3,7-8,10-12H2,1-2,4-6H3. The third-order valence-electron chi connectivity index (χ3n) is 3.00. The van der Waals surface area contributed by atoms with Gasteiger partial charge in [-0.15, -0.1) is 6.58 Å². The van der Waals surface area contributed by atoms with Crippen LogP contribution in [0.1, 0.15) is 34.1 Å². The highest BCUT2D eigenvalue weighted by atomic mass is 28.4. The maximum absolute atomic E-state index is 11.3. The summed E-state index contributed by atoms with van der Waals surface area (Å²) in [5.74, 6) is -0.940. The SMILES string of the molecule is C=C[Si](CCC[Si](C)(OCC)OCC)(OC(C)=O)OC(C)=O. The largest absolute Gasteiger partial charge is 0.491 e. The van der Waals surface area contributed by atoms with E-state index in [1.54, 1.807) is 0 Å². The van der Waals surface area contributed by atoms with E-state index in [0.717, 1.165) is 6.04 Å². The number of carbonyl (C=O) groups is 2. The second-order valence-corrected chi connectivity index (χ2v) is 11.3. The zero-order chi connectivity index (χ0) is 17.2. The van der Waals surface area contributed by atoms with Crippen LogP contribution in [0.25, 0.3) is 0 Å². The monoisotopic (exact) mass is 348 g/mol. The molecule has 6 nitrogen and oxygen atoms in total. The van der Waals surface area contributed by atoms with Gasteiger partial charge in [0.05, 0.1) is 0 Å². The van der Waals surface area contributed by atoms with Gasteiger partial charge in [0.2, 0.25) is 0 Å². The summed E-state index contributed by atoms with van der Waals surface area (Å²) in [6.07, 6.45) is 0.682. The minimum absolute atomic E-state index is 0.457. The van der Waals surface area contributed by atoms with Crippen LogP contribution in [0, 0.1) is 0 Å². The maximum atomic E-state index is 11.3. The molecule has 0 aromatic heterocycles. The van der Waals surface area contributed by atoms with Gasteiger partial charge in [0.15, 0.2) is 0 Å². The molecule has 0 fully saturated rings. The molecule has 0 N–H and O–H groups in total. The van der Waals surface area contributed by atoms with Gasteiger partial charge in [-0.05, 0) is 38.6 Å². The Labute approximate surface area is 135 Å². The van der Waals surface area contributed by atoms with Crippen molar-refractivity contribution in [1.29, 1.82) is 0 Å². The van der Waals surface area contributed by atoms with E-state index in [-0.39, 0.29) is 0 Å². The molecule has 0 spiro atoms. The summed E-state index contributed by atoms with van der Waals surface area (Å²) < 4.78 is 22.2. The summed E-state index contributed by atoms with van der Waals surface area (Å²) in [6, 6.07) is 1.19. The average molecular weight is 349 g/mol. The zero-order valence-corrected chi connectivity index (χ0v) is 16.3. The van der Waals surface area contributed by atoms with Crippen LogP contribution in [0.3, 0.4) is 0 Å². The van der Waals surface area contributed by atoms with Crippen molar-refractivity contribution in [1.82, 2.24) is 0 Å². The van der Waals surface area contributed by atoms with E-state index in [1.807, 2.05) is 20.4 Å². The van der Waals surface area contributed by atoms with Crippen LogP contribution >= 0.6 is 0 Å². The fraction of sp³-hybridized carbons (Fsp3) is 0.714.